The lowest BCUT2D eigenvalue weighted by Gasteiger charge is -2.38. The van der Waals surface area contributed by atoms with Crippen molar-refractivity contribution in [2.75, 3.05) is 18.5 Å². The molecule has 0 radical (unpaired) electrons. The third kappa shape index (κ3) is 1.73. The lowest BCUT2D eigenvalue weighted by molar-refractivity contribution is 0.101. The molecule has 0 saturated carbocycles. The van der Waals surface area contributed by atoms with Crippen LogP contribution in [0.4, 0.5) is 5.69 Å². The molecule has 2 nitrogen and oxygen atoms in total. The van der Waals surface area contributed by atoms with E-state index in [1.807, 2.05) is 6.07 Å². The molecule has 86 valence electrons. The number of fused-ring (bicyclic) bond motifs is 1. The van der Waals surface area contributed by atoms with Crippen LogP contribution in [0.1, 0.15) is 43.1 Å². The molecule has 1 aliphatic heterocycles. The summed E-state index contributed by atoms with van der Waals surface area (Å²) >= 11 is 0. The summed E-state index contributed by atoms with van der Waals surface area (Å²) < 4.78 is 0. The predicted molar refractivity (Wildman–Crippen MR) is 67.4 cm³/mol. The van der Waals surface area contributed by atoms with Gasteiger partial charge in [0.2, 0.25) is 0 Å². The summed E-state index contributed by atoms with van der Waals surface area (Å²) in [7, 11) is 2.11. The van der Waals surface area contributed by atoms with Gasteiger partial charge in [0.05, 0.1) is 0 Å². The highest BCUT2D eigenvalue weighted by Gasteiger charge is 2.30. The monoisotopic (exact) mass is 217 g/mol. The number of hydrogen-bond acceptors (Lipinski definition) is 2. The van der Waals surface area contributed by atoms with Crippen LogP contribution in [0.3, 0.4) is 0 Å². The Morgan fingerprint density at radius 2 is 2.06 bits per heavy atom. The van der Waals surface area contributed by atoms with Crippen molar-refractivity contribution in [2.45, 2.75) is 32.6 Å². The number of carbonyl (C=O) groups is 1. The van der Waals surface area contributed by atoms with Crippen molar-refractivity contribution >= 4 is 11.5 Å². The first-order valence-electron chi connectivity index (χ1n) is 5.78. The molecule has 0 aromatic heterocycles. The van der Waals surface area contributed by atoms with E-state index >= 15 is 0 Å². The van der Waals surface area contributed by atoms with Gasteiger partial charge in [-0.1, -0.05) is 13.8 Å². The van der Waals surface area contributed by atoms with E-state index in [2.05, 4.69) is 37.9 Å². The standard InChI is InChI=1S/C14H19NO/c1-10(16)11-5-6-13-12(9-11)14(2,3)7-8-15(13)4/h5-6,9H,7-8H2,1-4H3. The van der Waals surface area contributed by atoms with Crippen molar-refractivity contribution in [2.24, 2.45) is 0 Å². The van der Waals surface area contributed by atoms with E-state index in [-0.39, 0.29) is 11.2 Å². The fourth-order valence-electron chi connectivity index (χ4n) is 2.33. The summed E-state index contributed by atoms with van der Waals surface area (Å²) in [6.07, 6.45) is 1.14. The molecule has 0 saturated heterocycles. The molecule has 0 aliphatic carbocycles. The highest BCUT2D eigenvalue weighted by Crippen LogP contribution is 2.39. The van der Waals surface area contributed by atoms with Crippen molar-refractivity contribution in [3.63, 3.8) is 0 Å². The molecule has 0 unspecified atom stereocenters. The highest BCUT2D eigenvalue weighted by atomic mass is 16.1. The van der Waals surface area contributed by atoms with Gasteiger partial charge in [0.25, 0.3) is 0 Å². The van der Waals surface area contributed by atoms with Gasteiger partial charge >= 0.3 is 0 Å². The molecular formula is C14H19NO. The second-order valence-corrected chi connectivity index (χ2v) is 5.34. The van der Waals surface area contributed by atoms with Gasteiger partial charge in [-0.15, -0.1) is 0 Å². The molecule has 2 heteroatoms. The van der Waals surface area contributed by atoms with Crippen molar-refractivity contribution < 1.29 is 4.79 Å². The molecule has 2 rings (SSSR count). The average Bonchev–Trinajstić information content (AvgIpc) is 2.23. The highest BCUT2D eigenvalue weighted by molar-refractivity contribution is 5.95. The van der Waals surface area contributed by atoms with Gasteiger partial charge in [-0.3, -0.25) is 4.79 Å². The van der Waals surface area contributed by atoms with Crippen LogP contribution < -0.4 is 4.90 Å². The Labute approximate surface area is 97.3 Å². The Balaban J connectivity index is 2.57. The molecule has 0 amide bonds. The molecule has 0 spiro atoms. The minimum Gasteiger partial charge on any atom is -0.374 e. The van der Waals surface area contributed by atoms with Crippen LogP contribution in [0.2, 0.25) is 0 Å². The van der Waals surface area contributed by atoms with E-state index in [1.54, 1.807) is 6.92 Å². The number of Topliss-reactive ketones (excluding diaryl/α,β-unsaturated/α-hetero) is 1. The fourth-order valence-corrected chi connectivity index (χ4v) is 2.33. The minimum absolute atomic E-state index is 0.145. The second kappa shape index (κ2) is 3.62. The zero-order valence-electron chi connectivity index (χ0n) is 10.5. The molecular weight excluding hydrogens is 198 g/mol. The van der Waals surface area contributed by atoms with Crippen molar-refractivity contribution in [1.82, 2.24) is 0 Å². The Hall–Kier alpha value is -1.31. The SMILES string of the molecule is CC(=O)c1ccc2c(c1)C(C)(C)CCN2C. The quantitative estimate of drug-likeness (QED) is 0.674. The molecule has 1 heterocycles. The van der Waals surface area contributed by atoms with E-state index in [4.69, 9.17) is 0 Å². The van der Waals surface area contributed by atoms with Gasteiger partial charge in [-0.25, -0.2) is 0 Å². The van der Waals surface area contributed by atoms with Gasteiger partial charge in [-0.05, 0) is 42.5 Å². The summed E-state index contributed by atoms with van der Waals surface area (Å²) in [5.74, 6) is 0.145. The van der Waals surface area contributed by atoms with Crippen LogP contribution in [0.15, 0.2) is 18.2 Å². The van der Waals surface area contributed by atoms with Crippen LogP contribution in [-0.4, -0.2) is 19.4 Å². The van der Waals surface area contributed by atoms with E-state index in [0.717, 1.165) is 18.5 Å². The zero-order chi connectivity index (χ0) is 11.9. The Bertz CT molecular complexity index is 434. The topological polar surface area (TPSA) is 20.3 Å². The van der Waals surface area contributed by atoms with Gasteiger partial charge in [0, 0.05) is 24.8 Å². The van der Waals surface area contributed by atoms with E-state index in [1.165, 1.54) is 11.3 Å². The third-order valence-electron chi connectivity index (χ3n) is 3.62. The Morgan fingerprint density at radius 1 is 1.38 bits per heavy atom. The third-order valence-corrected chi connectivity index (χ3v) is 3.62. The molecule has 1 aliphatic rings. The number of hydrogen-bond donors (Lipinski definition) is 0. The second-order valence-electron chi connectivity index (χ2n) is 5.34. The summed E-state index contributed by atoms with van der Waals surface area (Å²) in [5, 5.41) is 0. The first kappa shape index (κ1) is 11.2. The number of benzene rings is 1. The molecule has 1 aromatic carbocycles. The maximum absolute atomic E-state index is 11.4. The largest absolute Gasteiger partial charge is 0.374 e. The van der Waals surface area contributed by atoms with E-state index < -0.39 is 0 Å². The Morgan fingerprint density at radius 3 is 2.69 bits per heavy atom. The molecule has 1 aromatic rings. The molecule has 0 bridgehead atoms. The maximum atomic E-state index is 11.4. The normalized spacial score (nSPS) is 18.1. The maximum Gasteiger partial charge on any atom is 0.159 e. The zero-order valence-corrected chi connectivity index (χ0v) is 10.5. The van der Waals surface area contributed by atoms with Crippen molar-refractivity contribution in [3.05, 3.63) is 29.3 Å². The van der Waals surface area contributed by atoms with E-state index in [0.29, 0.717) is 0 Å². The number of rotatable bonds is 1. The fraction of sp³-hybridized carbons (Fsp3) is 0.500. The van der Waals surface area contributed by atoms with Crippen LogP contribution in [0, 0.1) is 0 Å². The van der Waals surface area contributed by atoms with Gasteiger partial charge in [0.15, 0.2) is 5.78 Å². The summed E-state index contributed by atoms with van der Waals surface area (Å²) in [5.41, 5.74) is 3.56. The number of carbonyl (C=O) groups excluding carboxylic acids is 1. The summed E-state index contributed by atoms with van der Waals surface area (Å²) in [6.45, 7) is 7.21. The van der Waals surface area contributed by atoms with Crippen LogP contribution in [0.5, 0.6) is 0 Å². The van der Waals surface area contributed by atoms with Gasteiger partial charge in [0.1, 0.15) is 0 Å². The predicted octanol–water partition coefficient (Wildman–Crippen LogP) is 3.01. The summed E-state index contributed by atoms with van der Waals surface area (Å²) in [6, 6.07) is 6.07. The van der Waals surface area contributed by atoms with Gasteiger partial charge in [-0.2, -0.15) is 0 Å². The number of nitrogens with zero attached hydrogens (tertiary/aromatic N) is 1. The molecule has 0 atom stereocenters. The molecule has 0 N–H and O–H groups in total. The number of ketones is 1. The summed E-state index contributed by atoms with van der Waals surface area (Å²) in [4.78, 5) is 13.7. The van der Waals surface area contributed by atoms with Crippen molar-refractivity contribution in [1.29, 1.82) is 0 Å². The first-order chi connectivity index (χ1) is 7.42. The molecule has 16 heavy (non-hydrogen) atoms. The molecule has 0 fully saturated rings. The van der Waals surface area contributed by atoms with Crippen LogP contribution in [-0.2, 0) is 5.41 Å². The minimum atomic E-state index is 0.145. The van der Waals surface area contributed by atoms with Crippen molar-refractivity contribution in [3.8, 4) is 0 Å². The van der Waals surface area contributed by atoms with Crippen LogP contribution in [0.25, 0.3) is 0 Å². The average molecular weight is 217 g/mol. The lowest BCUT2D eigenvalue weighted by atomic mass is 9.77. The first-order valence-corrected chi connectivity index (χ1v) is 5.78. The smallest absolute Gasteiger partial charge is 0.159 e. The van der Waals surface area contributed by atoms with E-state index in [9.17, 15) is 4.79 Å². The van der Waals surface area contributed by atoms with Crippen LogP contribution >= 0.6 is 0 Å². The van der Waals surface area contributed by atoms with Gasteiger partial charge < -0.3 is 4.90 Å². The number of anilines is 1. The lowest BCUT2D eigenvalue weighted by Crippen LogP contribution is -2.34. The Kier molecular flexibility index (Phi) is 2.53.